The Kier molecular flexibility index (Phi) is 6.18. The molecule has 0 aliphatic heterocycles. The average Bonchev–Trinajstić information content (AvgIpc) is 2.67. The quantitative estimate of drug-likeness (QED) is 0.571. The van der Waals surface area contributed by atoms with E-state index >= 15 is 0 Å². The monoisotopic (exact) mass is 318 g/mol. The molecule has 0 amide bonds. The summed E-state index contributed by atoms with van der Waals surface area (Å²) in [4.78, 5) is 0. The third-order valence-electron chi connectivity index (χ3n) is 3.85. The SMILES string of the molecule is c1ccc(COCC(OCc2ccccc2)c2ccccc2)cc1. The van der Waals surface area contributed by atoms with Crippen LogP contribution in [0.3, 0.4) is 0 Å². The Hall–Kier alpha value is -2.42. The predicted octanol–water partition coefficient (Wildman–Crippen LogP) is 5.16. The van der Waals surface area contributed by atoms with Crippen molar-refractivity contribution in [2.24, 2.45) is 0 Å². The van der Waals surface area contributed by atoms with Gasteiger partial charge in [0.15, 0.2) is 0 Å². The van der Waals surface area contributed by atoms with E-state index in [4.69, 9.17) is 9.47 Å². The molecule has 3 aromatic carbocycles. The number of rotatable bonds is 8. The maximum Gasteiger partial charge on any atom is 0.106 e. The highest BCUT2D eigenvalue weighted by Gasteiger charge is 2.12. The first-order chi connectivity index (χ1) is 11.9. The van der Waals surface area contributed by atoms with Crippen LogP contribution in [0.2, 0.25) is 0 Å². The molecule has 0 spiro atoms. The summed E-state index contributed by atoms with van der Waals surface area (Å²) in [6.07, 6.45) is -0.0740. The average molecular weight is 318 g/mol. The van der Waals surface area contributed by atoms with E-state index in [1.54, 1.807) is 0 Å². The van der Waals surface area contributed by atoms with Gasteiger partial charge in [0, 0.05) is 0 Å². The standard InChI is InChI=1S/C22H22O2/c1-4-10-19(11-5-1)16-23-18-22(21-14-8-3-9-15-21)24-17-20-12-6-2-7-13-20/h1-15,22H,16-18H2. The third-order valence-corrected chi connectivity index (χ3v) is 3.85. The summed E-state index contributed by atoms with van der Waals surface area (Å²) in [5.41, 5.74) is 3.48. The number of hydrogen-bond donors (Lipinski definition) is 0. The number of benzene rings is 3. The first-order valence-electron chi connectivity index (χ1n) is 8.24. The highest BCUT2D eigenvalue weighted by Crippen LogP contribution is 2.20. The maximum atomic E-state index is 6.13. The van der Waals surface area contributed by atoms with Gasteiger partial charge in [0.1, 0.15) is 6.10 Å². The minimum Gasteiger partial charge on any atom is -0.374 e. The van der Waals surface area contributed by atoms with Crippen LogP contribution in [0.25, 0.3) is 0 Å². The molecule has 2 nitrogen and oxygen atoms in total. The zero-order valence-corrected chi connectivity index (χ0v) is 13.7. The Morgan fingerprint density at radius 3 is 1.67 bits per heavy atom. The van der Waals surface area contributed by atoms with E-state index < -0.39 is 0 Å². The molecule has 0 saturated heterocycles. The first-order valence-corrected chi connectivity index (χ1v) is 8.24. The Balaban J connectivity index is 1.59. The van der Waals surface area contributed by atoms with Gasteiger partial charge in [-0.3, -0.25) is 0 Å². The Morgan fingerprint density at radius 1 is 0.583 bits per heavy atom. The van der Waals surface area contributed by atoms with Crippen LogP contribution in [-0.4, -0.2) is 6.61 Å². The molecule has 0 aliphatic carbocycles. The van der Waals surface area contributed by atoms with Crippen molar-refractivity contribution in [2.75, 3.05) is 6.61 Å². The molecule has 0 N–H and O–H groups in total. The lowest BCUT2D eigenvalue weighted by atomic mass is 10.1. The second-order valence-electron chi connectivity index (χ2n) is 5.70. The van der Waals surface area contributed by atoms with Crippen LogP contribution in [0.1, 0.15) is 22.8 Å². The number of ether oxygens (including phenoxy) is 2. The van der Waals surface area contributed by atoms with Gasteiger partial charge in [0.25, 0.3) is 0 Å². The zero-order valence-electron chi connectivity index (χ0n) is 13.7. The van der Waals surface area contributed by atoms with Gasteiger partial charge in [0.2, 0.25) is 0 Å². The summed E-state index contributed by atoms with van der Waals surface area (Å²) in [6, 6.07) is 30.7. The van der Waals surface area contributed by atoms with E-state index in [1.165, 1.54) is 11.1 Å². The van der Waals surface area contributed by atoms with Gasteiger partial charge in [-0.1, -0.05) is 91.0 Å². The molecule has 24 heavy (non-hydrogen) atoms. The fraction of sp³-hybridized carbons (Fsp3) is 0.182. The fourth-order valence-corrected chi connectivity index (χ4v) is 2.54. The van der Waals surface area contributed by atoms with Crippen molar-refractivity contribution in [1.29, 1.82) is 0 Å². The van der Waals surface area contributed by atoms with Crippen molar-refractivity contribution in [2.45, 2.75) is 19.3 Å². The highest BCUT2D eigenvalue weighted by molar-refractivity contribution is 5.19. The van der Waals surface area contributed by atoms with Gasteiger partial charge in [-0.25, -0.2) is 0 Å². The van der Waals surface area contributed by atoms with Gasteiger partial charge in [-0.05, 0) is 16.7 Å². The lowest BCUT2D eigenvalue weighted by Gasteiger charge is -2.19. The van der Waals surface area contributed by atoms with Gasteiger partial charge in [-0.15, -0.1) is 0 Å². The molecule has 3 aromatic rings. The summed E-state index contributed by atoms with van der Waals surface area (Å²) in [5.74, 6) is 0. The van der Waals surface area contributed by atoms with Gasteiger partial charge in [0.05, 0.1) is 19.8 Å². The van der Waals surface area contributed by atoms with Crippen molar-refractivity contribution in [3.8, 4) is 0 Å². The molecule has 122 valence electrons. The van der Waals surface area contributed by atoms with Crippen molar-refractivity contribution < 1.29 is 9.47 Å². The normalized spacial score (nSPS) is 12.0. The molecule has 0 fully saturated rings. The summed E-state index contributed by atoms with van der Waals surface area (Å²) < 4.78 is 12.0. The fourth-order valence-electron chi connectivity index (χ4n) is 2.54. The van der Waals surface area contributed by atoms with Gasteiger partial charge < -0.3 is 9.47 Å². The number of hydrogen-bond acceptors (Lipinski definition) is 2. The molecule has 0 aliphatic rings. The Bertz CT molecular complexity index is 696. The van der Waals surface area contributed by atoms with Crippen LogP contribution in [-0.2, 0) is 22.7 Å². The summed E-state index contributed by atoms with van der Waals surface area (Å²) in [7, 11) is 0. The van der Waals surface area contributed by atoms with E-state index in [1.807, 2.05) is 54.6 Å². The summed E-state index contributed by atoms with van der Waals surface area (Å²) in [5, 5.41) is 0. The lowest BCUT2D eigenvalue weighted by molar-refractivity contribution is -0.0313. The third kappa shape index (κ3) is 5.05. The maximum absolute atomic E-state index is 6.13. The second kappa shape index (κ2) is 9.02. The Labute approximate surface area is 143 Å². The van der Waals surface area contributed by atoms with Crippen LogP contribution in [0.5, 0.6) is 0 Å². The Morgan fingerprint density at radius 2 is 1.08 bits per heavy atom. The zero-order chi connectivity index (χ0) is 16.5. The smallest absolute Gasteiger partial charge is 0.106 e. The molecular formula is C22H22O2. The van der Waals surface area contributed by atoms with Crippen molar-refractivity contribution in [1.82, 2.24) is 0 Å². The predicted molar refractivity (Wildman–Crippen MR) is 96.5 cm³/mol. The van der Waals surface area contributed by atoms with Crippen LogP contribution >= 0.6 is 0 Å². The molecule has 1 unspecified atom stereocenters. The van der Waals surface area contributed by atoms with E-state index in [2.05, 4.69) is 36.4 Å². The van der Waals surface area contributed by atoms with Gasteiger partial charge >= 0.3 is 0 Å². The van der Waals surface area contributed by atoms with Crippen LogP contribution in [0.15, 0.2) is 91.0 Å². The largest absolute Gasteiger partial charge is 0.374 e. The highest BCUT2D eigenvalue weighted by atomic mass is 16.5. The molecule has 0 aromatic heterocycles. The molecule has 2 heteroatoms. The van der Waals surface area contributed by atoms with E-state index in [9.17, 15) is 0 Å². The molecule has 0 radical (unpaired) electrons. The second-order valence-corrected chi connectivity index (χ2v) is 5.70. The molecule has 0 heterocycles. The summed E-state index contributed by atoms with van der Waals surface area (Å²) in [6.45, 7) is 1.71. The van der Waals surface area contributed by atoms with Crippen LogP contribution in [0, 0.1) is 0 Å². The molecule has 0 saturated carbocycles. The van der Waals surface area contributed by atoms with Crippen molar-refractivity contribution >= 4 is 0 Å². The topological polar surface area (TPSA) is 18.5 Å². The van der Waals surface area contributed by atoms with Crippen LogP contribution < -0.4 is 0 Å². The van der Waals surface area contributed by atoms with Crippen LogP contribution in [0.4, 0.5) is 0 Å². The lowest BCUT2D eigenvalue weighted by Crippen LogP contribution is -2.12. The first kappa shape index (κ1) is 16.4. The van der Waals surface area contributed by atoms with Crippen molar-refractivity contribution in [3.63, 3.8) is 0 Å². The van der Waals surface area contributed by atoms with E-state index in [-0.39, 0.29) is 6.10 Å². The summed E-state index contributed by atoms with van der Waals surface area (Å²) >= 11 is 0. The van der Waals surface area contributed by atoms with Gasteiger partial charge in [-0.2, -0.15) is 0 Å². The molecule has 0 bridgehead atoms. The minimum absolute atomic E-state index is 0.0740. The molecule has 1 atom stereocenters. The van der Waals surface area contributed by atoms with E-state index in [0.717, 1.165) is 5.56 Å². The van der Waals surface area contributed by atoms with Crippen molar-refractivity contribution in [3.05, 3.63) is 108 Å². The minimum atomic E-state index is -0.0740. The molecule has 3 rings (SSSR count). The molecular weight excluding hydrogens is 296 g/mol. The van der Waals surface area contributed by atoms with E-state index in [0.29, 0.717) is 19.8 Å².